The van der Waals surface area contributed by atoms with E-state index in [9.17, 15) is 4.79 Å². The molecule has 0 bridgehead atoms. The Hall–Kier alpha value is -3.00. The molecule has 1 amide bonds. The minimum absolute atomic E-state index is 0.00341. The highest BCUT2D eigenvalue weighted by Crippen LogP contribution is 2.39. The van der Waals surface area contributed by atoms with Gasteiger partial charge < -0.3 is 9.80 Å². The Morgan fingerprint density at radius 3 is 2.48 bits per heavy atom. The Bertz CT molecular complexity index is 783. The number of nitrogens with zero attached hydrogens (tertiary/aromatic N) is 4. The quantitative estimate of drug-likeness (QED) is 0.798. The van der Waals surface area contributed by atoms with Crippen LogP contribution in [0.3, 0.4) is 0 Å². The summed E-state index contributed by atoms with van der Waals surface area (Å²) < 4.78 is 0. The number of carbonyl (C=O) groups is 1. The molecule has 0 radical (unpaired) electrons. The predicted molar refractivity (Wildman–Crippen MR) is 89.3 cm³/mol. The van der Waals surface area contributed by atoms with Crippen LogP contribution in [0, 0.1) is 11.3 Å². The zero-order valence-corrected chi connectivity index (χ0v) is 12.6. The van der Waals surface area contributed by atoms with Gasteiger partial charge in [0.15, 0.2) is 0 Å². The molecule has 2 aliphatic rings. The average Bonchev–Trinajstić information content (AvgIpc) is 3.05. The minimum atomic E-state index is -0.238. The smallest absolute Gasteiger partial charge is 0.252 e. The summed E-state index contributed by atoms with van der Waals surface area (Å²) in [6.07, 6.45) is 0. The number of nitriles is 1. The number of fused-ring (bicyclic) bond motifs is 3. The van der Waals surface area contributed by atoms with Crippen LogP contribution in [0.25, 0.3) is 0 Å². The number of hydrogen-bond donors (Lipinski definition) is 0. The van der Waals surface area contributed by atoms with Gasteiger partial charge in [0.1, 0.15) is 12.6 Å². The molecule has 1 fully saturated rings. The molecule has 4 rings (SSSR count). The number of amides is 1. The molecule has 0 N–H and O–H groups in total. The molecule has 2 heterocycles. The van der Waals surface area contributed by atoms with Crippen LogP contribution < -0.4 is 14.7 Å². The molecule has 2 aromatic rings. The summed E-state index contributed by atoms with van der Waals surface area (Å²) >= 11 is 0. The number of para-hydroxylation sites is 3. The van der Waals surface area contributed by atoms with E-state index in [1.807, 2.05) is 42.5 Å². The van der Waals surface area contributed by atoms with Crippen LogP contribution in [0.15, 0.2) is 54.6 Å². The van der Waals surface area contributed by atoms with Gasteiger partial charge >= 0.3 is 0 Å². The molecule has 0 aliphatic carbocycles. The number of carbonyl (C=O) groups excluding carboxylic acids is 1. The molecule has 0 spiro atoms. The largest absolute Gasteiger partial charge is 0.351 e. The van der Waals surface area contributed by atoms with Crippen LogP contribution >= 0.6 is 0 Å². The molecule has 23 heavy (non-hydrogen) atoms. The van der Waals surface area contributed by atoms with Gasteiger partial charge in [-0.2, -0.15) is 5.26 Å². The van der Waals surface area contributed by atoms with Gasteiger partial charge in [0.2, 0.25) is 0 Å². The number of benzene rings is 2. The molecule has 1 saturated heterocycles. The van der Waals surface area contributed by atoms with E-state index in [0.717, 1.165) is 17.1 Å². The zero-order valence-electron chi connectivity index (χ0n) is 12.6. The highest BCUT2D eigenvalue weighted by atomic mass is 16.2. The second kappa shape index (κ2) is 5.33. The van der Waals surface area contributed by atoms with Crippen molar-refractivity contribution in [2.75, 3.05) is 34.5 Å². The van der Waals surface area contributed by atoms with Crippen molar-refractivity contribution in [3.63, 3.8) is 0 Å². The standard InChI is InChI=1S/C18H16N4O/c19-10-11-21-15-8-4-5-9-16(15)22-13-20(12-17(22)18(21)23)14-6-2-1-3-7-14/h1-9,17H,11-13H2/t17-/m0/s1. The van der Waals surface area contributed by atoms with Gasteiger partial charge in [-0.05, 0) is 24.3 Å². The SMILES string of the molecule is N#CCN1C(=O)[C@@H]2CN(c3ccccc3)CN2c2ccccc21. The third kappa shape index (κ3) is 2.11. The van der Waals surface area contributed by atoms with Crippen molar-refractivity contribution in [1.82, 2.24) is 0 Å². The Morgan fingerprint density at radius 1 is 1.04 bits per heavy atom. The third-order valence-corrected chi connectivity index (χ3v) is 4.48. The second-order valence-electron chi connectivity index (χ2n) is 5.76. The molecule has 0 unspecified atom stereocenters. The van der Waals surface area contributed by atoms with Crippen molar-refractivity contribution in [3.8, 4) is 6.07 Å². The molecule has 0 saturated carbocycles. The highest BCUT2D eigenvalue weighted by molar-refractivity contribution is 6.06. The van der Waals surface area contributed by atoms with Gasteiger partial charge in [-0.15, -0.1) is 0 Å². The first-order chi connectivity index (χ1) is 11.3. The monoisotopic (exact) mass is 304 g/mol. The van der Waals surface area contributed by atoms with Crippen LogP contribution in [0.2, 0.25) is 0 Å². The summed E-state index contributed by atoms with van der Waals surface area (Å²) in [5.41, 5.74) is 2.95. The molecule has 2 aromatic carbocycles. The van der Waals surface area contributed by atoms with Gasteiger partial charge in [0.05, 0.1) is 24.1 Å². The minimum Gasteiger partial charge on any atom is -0.351 e. The van der Waals surface area contributed by atoms with Crippen molar-refractivity contribution in [1.29, 1.82) is 5.26 Å². The van der Waals surface area contributed by atoms with Crippen molar-refractivity contribution in [2.24, 2.45) is 0 Å². The van der Waals surface area contributed by atoms with Gasteiger partial charge in [0.25, 0.3) is 5.91 Å². The average molecular weight is 304 g/mol. The van der Waals surface area contributed by atoms with E-state index in [4.69, 9.17) is 5.26 Å². The maximum atomic E-state index is 12.8. The first-order valence-electron chi connectivity index (χ1n) is 7.63. The lowest BCUT2D eigenvalue weighted by molar-refractivity contribution is -0.119. The maximum absolute atomic E-state index is 12.8. The lowest BCUT2D eigenvalue weighted by Gasteiger charge is -2.37. The van der Waals surface area contributed by atoms with Gasteiger partial charge in [0, 0.05) is 12.2 Å². The Kier molecular flexibility index (Phi) is 3.16. The molecule has 5 heteroatoms. The Morgan fingerprint density at radius 2 is 1.74 bits per heavy atom. The van der Waals surface area contributed by atoms with E-state index < -0.39 is 0 Å². The Balaban J connectivity index is 1.73. The molecule has 114 valence electrons. The van der Waals surface area contributed by atoms with Gasteiger partial charge in [-0.1, -0.05) is 30.3 Å². The van der Waals surface area contributed by atoms with Crippen LogP contribution in [-0.4, -0.2) is 31.7 Å². The fraction of sp³-hybridized carbons (Fsp3) is 0.222. The van der Waals surface area contributed by atoms with Crippen molar-refractivity contribution < 1.29 is 4.79 Å². The number of anilines is 3. The fourth-order valence-electron chi connectivity index (χ4n) is 3.40. The van der Waals surface area contributed by atoms with E-state index in [2.05, 4.69) is 28.0 Å². The van der Waals surface area contributed by atoms with E-state index >= 15 is 0 Å². The molecule has 1 atom stereocenters. The van der Waals surface area contributed by atoms with Gasteiger partial charge in [-0.25, -0.2) is 0 Å². The topological polar surface area (TPSA) is 50.6 Å². The second-order valence-corrected chi connectivity index (χ2v) is 5.76. The molecule has 0 aromatic heterocycles. The third-order valence-electron chi connectivity index (χ3n) is 4.48. The van der Waals surface area contributed by atoms with E-state index in [-0.39, 0.29) is 18.5 Å². The first-order valence-corrected chi connectivity index (χ1v) is 7.63. The van der Waals surface area contributed by atoms with Crippen LogP contribution in [-0.2, 0) is 4.79 Å². The van der Waals surface area contributed by atoms with E-state index in [1.54, 1.807) is 4.90 Å². The van der Waals surface area contributed by atoms with E-state index in [0.29, 0.717) is 13.2 Å². The van der Waals surface area contributed by atoms with Crippen molar-refractivity contribution in [2.45, 2.75) is 6.04 Å². The molecular formula is C18H16N4O. The molecular weight excluding hydrogens is 288 g/mol. The highest BCUT2D eigenvalue weighted by Gasteiger charge is 2.43. The number of rotatable bonds is 2. The summed E-state index contributed by atoms with van der Waals surface area (Å²) in [6.45, 7) is 1.41. The van der Waals surface area contributed by atoms with Crippen molar-refractivity contribution in [3.05, 3.63) is 54.6 Å². The summed E-state index contributed by atoms with van der Waals surface area (Å²) in [5, 5.41) is 9.06. The van der Waals surface area contributed by atoms with Gasteiger partial charge in [-0.3, -0.25) is 9.69 Å². The molecule has 2 aliphatic heterocycles. The Labute approximate surface area is 135 Å². The van der Waals surface area contributed by atoms with Crippen LogP contribution in [0.1, 0.15) is 0 Å². The molecule has 5 nitrogen and oxygen atoms in total. The van der Waals surface area contributed by atoms with E-state index in [1.165, 1.54) is 0 Å². The summed E-state index contributed by atoms with van der Waals surface area (Å²) in [4.78, 5) is 18.8. The predicted octanol–water partition coefficient (Wildman–Crippen LogP) is 2.21. The normalized spacial score (nSPS) is 19.3. The lowest BCUT2D eigenvalue weighted by atomic mass is 10.1. The maximum Gasteiger partial charge on any atom is 0.252 e. The summed E-state index contributed by atoms with van der Waals surface area (Å²) in [6, 6.07) is 19.8. The lowest BCUT2D eigenvalue weighted by Crippen LogP contribution is -2.51. The zero-order chi connectivity index (χ0) is 15.8. The van der Waals surface area contributed by atoms with Crippen LogP contribution in [0.5, 0.6) is 0 Å². The first kappa shape index (κ1) is 13.6. The number of hydrogen-bond acceptors (Lipinski definition) is 4. The van der Waals surface area contributed by atoms with Crippen LogP contribution in [0.4, 0.5) is 17.1 Å². The summed E-state index contributed by atoms with van der Waals surface area (Å²) in [5.74, 6) is 0.00341. The fourth-order valence-corrected chi connectivity index (χ4v) is 3.40. The summed E-state index contributed by atoms with van der Waals surface area (Å²) in [7, 11) is 0. The van der Waals surface area contributed by atoms with Crippen molar-refractivity contribution >= 4 is 23.0 Å².